The fourth-order valence-electron chi connectivity index (χ4n) is 4.40. The van der Waals surface area contributed by atoms with Gasteiger partial charge in [-0.2, -0.15) is 0 Å². The Kier molecular flexibility index (Phi) is 6.32. The molecule has 35 heavy (non-hydrogen) atoms. The van der Waals surface area contributed by atoms with Crippen molar-refractivity contribution in [1.29, 1.82) is 0 Å². The van der Waals surface area contributed by atoms with Gasteiger partial charge in [-0.1, -0.05) is 17.7 Å². The van der Waals surface area contributed by atoms with E-state index in [-0.39, 0.29) is 17.1 Å². The fourth-order valence-corrected chi connectivity index (χ4v) is 4.92. The highest BCUT2D eigenvalue weighted by Crippen LogP contribution is 2.45. The van der Waals surface area contributed by atoms with E-state index in [2.05, 4.69) is 10.3 Å². The van der Waals surface area contributed by atoms with Crippen LogP contribution in [0.4, 0.5) is 10.1 Å². The lowest BCUT2D eigenvalue weighted by Gasteiger charge is -2.30. The van der Waals surface area contributed by atoms with Gasteiger partial charge in [0.25, 0.3) is 0 Å². The third-order valence-electron chi connectivity index (χ3n) is 6.01. The van der Waals surface area contributed by atoms with Crippen LogP contribution in [0, 0.1) is 5.82 Å². The van der Waals surface area contributed by atoms with E-state index in [1.54, 1.807) is 32.5 Å². The average Bonchev–Trinajstić information content (AvgIpc) is 3.50. The maximum atomic E-state index is 13.9. The van der Waals surface area contributed by atoms with Gasteiger partial charge >= 0.3 is 0 Å². The number of anilines is 1. The van der Waals surface area contributed by atoms with Crippen molar-refractivity contribution in [2.24, 2.45) is 0 Å². The molecular formula is C26H22ClFN4O2S. The normalized spacial score (nSPS) is 17.4. The highest BCUT2D eigenvalue weighted by atomic mass is 35.5. The molecule has 0 spiro atoms. The van der Waals surface area contributed by atoms with E-state index in [0.717, 1.165) is 22.8 Å². The number of hydrogen-bond acceptors (Lipinski definition) is 4. The molecule has 178 valence electrons. The van der Waals surface area contributed by atoms with Gasteiger partial charge in [0.1, 0.15) is 23.4 Å². The summed E-state index contributed by atoms with van der Waals surface area (Å²) in [7, 11) is 3.22. The van der Waals surface area contributed by atoms with E-state index in [4.69, 9.17) is 33.3 Å². The van der Waals surface area contributed by atoms with Gasteiger partial charge in [0.05, 0.1) is 36.7 Å². The molecule has 0 saturated carbocycles. The Morgan fingerprint density at radius 3 is 2.60 bits per heavy atom. The summed E-state index contributed by atoms with van der Waals surface area (Å²) >= 11 is 12.0. The monoisotopic (exact) mass is 508 g/mol. The molecule has 1 aliphatic heterocycles. The molecule has 1 fully saturated rings. The van der Waals surface area contributed by atoms with E-state index in [1.807, 2.05) is 64.2 Å². The van der Waals surface area contributed by atoms with Crippen LogP contribution in [0.2, 0.25) is 5.02 Å². The molecule has 0 aliphatic carbocycles. The summed E-state index contributed by atoms with van der Waals surface area (Å²) < 4.78 is 27.0. The zero-order valence-electron chi connectivity index (χ0n) is 19.0. The molecule has 0 amide bonds. The number of rotatable bonds is 6. The van der Waals surface area contributed by atoms with Crippen molar-refractivity contribution in [3.8, 4) is 17.2 Å². The van der Waals surface area contributed by atoms with Gasteiger partial charge in [-0.25, -0.2) is 4.39 Å². The second-order valence-electron chi connectivity index (χ2n) is 7.94. The number of ether oxygens (including phenoxy) is 2. The molecule has 1 N–H and O–H groups in total. The zero-order valence-corrected chi connectivity index (χ0v) is 20.6. The minimum Gasteiger partial charge on any atom is -0.497 e. The number of pyridine rings is 1. The van der Waals surface area contributed by atoms with Crippen molar-refractivity contribution in [2.45, 2.75) is 12.1 Å². The first kappa shape index (κ1) is 23.1. The Morgan fingerprint density at radius 2 is 1.89 bits per heavy atom. The van der Waals surface area contributed by atoms with Crippen LogP contribution in [-0.4, -0.2) is 28.9 Å². The number of hydrogen-bond donors (Lipinski definition) is 1. The number of halogens is 2. The molecule has 0 radical (unpaired) electrons. The van der Waals surface area contributed by atoms with Gasteiger partial charge in [0, 0.05) is 29.8 Å². The van der Waals surface area contributed by atoms with Crippen LogP contribution in [0.5, 0.6) is 11.5 Å². The molecular weight excluding hydrogens is 487 g/mol. The van der Waals surface area contributed by atoms with Gasteiger partial charge in [-0.15, -0.1) is 0 Å². The molecule has 0 bridgehead atoms. The van der Waals surface area contributed by atoms with Gasteiger partial charge < -0.3 is 24.3 Å². The Balaban J connectivity index is 1.69. The Labute approximate surface area is 212 Å². The van der Waals surface area contributed by atoms with Crippen LogP contribution in [0.25, 0.3) is 5.69 Å². The van der Waals surface area contributed by atoms with Crippen molar-refractivity contribution >= 4 is 34.6 Å². The third-order valence-corrected chi connectivity index (χ3v) is 6.61. The zero-order chi connectivity index (χ0) is 24.5. The number of nitrogens with zero attached hydrogens (tertiary/aromatic N) is 3. The highest BCUT2D eigenvalue weighted by Gasteiger charge is 2.43. The smallest absolute Gasteiger partial charge is 0.174 e. The maximum absolute atomic E-state index is 13.9. The Morgan fingerprint density at radius 1 is 1.03 bits per heavy atom. The van der Waals surface area contributed by atoms with Crippen LogP contribution >= 0.6 is 23.8 Å². The van der Waals surface area contributed by atoms with E-state index in [0.29, 0.717) is 16.6 Å². The minimum atomic E-state index is -0.469. The van der Waals surface area contributed by atoms with Gasteiger partial charge in [-0.05, 0) is 66.8 Å². The largest absolute Gasteiger partial charge is 0.497 e. The van der Waals surface area contributed by atoms with E-state index < -0.39 is 5.82 Å². The molecule has 4 aromatic rings. The van der Waals surface area contributed by atoms with Crippen LogP contribution in [0.1, 0.15) is 23.5 Å². The van der Waals surface area contributed by atoms with Crippen LogP contribution in [0.15, 0.2) is 79.1 Å². The van der Waals surface area contributed by atoms with E-state index in [9.17, 15) is 4.39 Å². The number of aromatic nitrogens is 2. The van der Waals surface area contributed by atoms with Gasteiger partial charge in [0.15, 0.2) is 5.11 Å². The number of methoxy groups -OCH3 is 2. The second kappa shape index (κ2) is 9.56. The second-order valence-corrected chi connectivity index (χ2v) is 8.73. The molecule has 1 aliphatic rings. The molecule has 9 heteroatoms. The molecule has 0 unspecified atom stereocenters. The lowest BCUT2D eigenvalue weighted by atomic mass is 10.0. The quantitative estimate of drug-likeness (QED) is 0.329. The molecule has 2 aromatic carbocycles. The molecule has 5 rings (SSSR count). The van der Waals surface area contributed by atoms with Crippen LogP contribution in [-0.2, 0) is 0 Å². The third kappa shape index (κ3) is 4.19. The first-order valence-electron chi connectivity index (χ1n) is 10.9. The molecule has 2 atom stereocenters. The summed E-state index contributed by atoms with van der Waals surface area (Å²) in [6, 6.07) is 19.4. The summed E-state index contributed by atoms with van der Waals surface area (Å²) in [4.78, 5) is 6.62. The van der Waals surface area contributed by atoms with Crippen molar-refractivity contribution < 1.29 is 13.9 Å². The van der Waals surface area contributed by atoms with Gasteiger partial charge in [-0.3, -0.25) is 4.98 Å². The predicted octanol–water partition coefficient (Wildman–Crippen LogP) is 5.86. The van der Waals surface area contributed by atoms with E-state index >= 15 is 0 Å². The lowest BCUT2D eigenvalue weighted by molar-refractivity contribution is 0.394. The van der Waals surface area contributed by atoms with Crippen molar-refractivity contribution in [2.75, 3.05) is 19.1 Å². The fraction of sp³-hybridized carbons (Fsp3) is 0.154. The number of thiocarbonyl (C=S) groups is 1. The van der Waals surface area contributed by atoms with Crippen molar-refractivity contribution in [3.63, 3.8) is 0 Å². The van der Waals surface area contributed by atoms with Crippen molar-refractivity contribution in [3.05, 3.63) is 101 Å². The highest BCUT2D eigenvalue weighted by molar-refractivity contribution is 7.80. The Hall–Kier alpha value is -3.62. The maximum Gasteiger partial charge on any atom is 0.174 e. The molecule has 6 nitrogen and oxygen atoms in total. The SMILES string of the molecule is COc1ccc(N2C(=S)N[C@H](c3ccccn3)[C@@H]2c2cccn2-c2ccc(F)c(Cl)c2)c(OC)c1. The summed E-state index contributed by atoms with van der Waals surface area (Å²) in [5.41, 5.74) is 3.25. The van der Waals surface area contributed by atoms with Gasteiger partial charge in [0.2, 0.25) is 0 Å². The first-order valence-corrected chi connectivity index (χ1v) is 11.7. The van der Waals surface area contributed by atoms with E-state index in [1.165, 1.54) is 6.07 Å². The summed E-state index contributed by atoms with van der Waals surface area (Å²) in [5.74, 6) is 0.817. The Bertz CT molecular complexity index is 1380. The average molecular weight is 509 g/mol. The number of nitrogens with one attached hydrogen (secondary N) is 1. The summed E-state index contributed by atoms with van der Waals surface area (Å²) in [6.07, 6.45) is 3.67. The summed E-state index contributed by atoms with van der Waals surface area (Å²) in [6.45, 7) is 0. The molecule has 3 heterocycles. The molecule has 2 aromatic heterocycles. The van der Waals surface area contributed by atoms with Crippen LogP contribution < -0.4 is 19.7 Å². The standard InChI is InChI=1S/C26H22ClFN4O2S/c1-33-17-9-11-21(23(15-17)34-2)32-25(24(30-26(32)35)20-6-3-4-12-29-20)22-7-5-13-31(22)16-8-10-19(28)18(27)14-16/h3-15,24-25H,1-2H3,(H,30,35)/t24-,25+/m1/s1. The first-order chi connectivity index (χ1) is 17.0. The lowest BCUT2D eigenvalue weighted by Crippen LogP contribution is -2.30. The minimum absolute atomic E-state index is 0.0529. The molecule has 1 saturated heterocycles. The van der Waals surface area contributed by atoms with Crippen molar-refractivity contribution in [1.82, 2.24) is 14.9 Å². The predicted molar refractivity (Wildman–Crippen MR) is 138 cm³/mol. The summed E-state index contributed by atoms with van der Waals surface area (Å²) in [5, 5.41) is 4.02. The topological polar surface area (TPSA) is 51.5 Å². The number of benzene rings is 2. The van der Waals surface area contributed by atoms with Crippen LogP contribution in [0.3, 0.4) is 0 Å².